The molecule has 9 nitrogen and oxygen atoms in total. The number of nitriles is 1. The Morgan fingerprint density at radius 2 is 1.97 bits per heavy atom. The molecule has 4 aromatic rings. The van der Waals surface area contributed by atoms with Crippen molar-refractivity contribution >= 4 is 38.7 Å². The molecule has 0 spiro atoms. The summed E-state index contributed by atoms with van der Waals surface area (Å²) in [4.78, 5) is 34.1. The third-order valence-corrected chi connectivity index (χ3v) is 8.68. The quantitative estimate of drug-likeness (QED) is 0.406. The second-order valence-electron chi connectivity index (χ2n) is 8.06. The van der Waals surface area contributed by atoms with Gasteiger partial charge < -0.3 is 10.6 Å². The Bertz CT molecular complexity index is 1760. The number of amides is 2. The number of pyridine rings is 1. The number of hydrogen-bond acceptors (Lipinski definition) is 8. The van der Waals surface area contributed by atoms with Crippen molar-refractivity contribution in [2.45, 2.75) is 23.3 Å². The van der Waals surface area contributed by atoms with Crippen LogP contribution in [0.5, 0.6) is 0 Å². The van der Waals surface area contributed by atoms with E-state index in [-0.39, 0.29) is 49.8 Å². The zero-order valence-corrected chi connectivity index (χ0v) is 20.7. The molecule has 1 aliphatic rings. The monoisotopic (exact) mass is 533 g/mol. The Morgan fingerprint density at radius 1 is 1.16 bits per heavy atom. The predicted molar refractivity (Wildman–Crippen MR) is 132 cm³/mol. The third kappa shape index (κ3) is 4.24. The van der Waals surface area contributed by atoms with Gasteiger partial charge >= 0.3 is 0 Å². The van der Waals surface area contributed by atoms with Crippen molar-refractivity contribution < 1.29 is 22.4 Å². The summed E-state index contributed by atoms with van der Waals surface area (Å²) in [5, 5.41) is 14.7. The Labute approximate surface area is 214 Å². The number of nitrogens with zero attached hydrogens (tertiary/aromatic N) is 3. The molecule has 0 fully saturated rings. The average Bonchev–Trinajstić information content (AvgIpc) is 3.33. The van der Waals surface area contributed by atoms with E-state index in [9.17, 15) is 22.4 Å². The van der Waals surface area contributed by atoms with Crippen molar-refractivity contribution in [1.82, 2.24) is 15.3 Å². The van der Waals surface area contributed by atoms with Gasteiger partial charge in [-0.3, -0.25) is 14.6 Å². The van der Waals surface area contributed by atoms with Gasteiger partial charge in [0.15, 0.2) is 0 Å². The zero-order valence-electron chi connectivity index (χ0n) is 19.1. The van der Waals surface area contributed by atoms with Crippen LogP contribution in [0, 0.1) is 24.1 Å². The molecule has 2 aromatic heterocycles. The topological polar surface area (TPSA) is 142 Å². The summed E-state index contributed by atoms with van der Waals surface area (Å²) in [6.07, 6.45) is 3.97. The molecule has 12 heteroatoms. The molecule has 0 radical (unpaired) electrons. The van der Waals surface area contributed by atoms with Gasteiger partial charge in [-0.25, -0.2) is 17.8 Å². The van der Waals surface area contributed by atoms with Crippen molar-refractivity contribution in [1.29, 1.82) is 5.26 Å². The molecule has 37 heavy (non-hydrogen) atoms. The summed E-state index contributed by atoms with van der Waals surface area (Å²) < 4.78 is 40.7. The molecule has 1 aliphatic heterocycles. The number of anilines is 1. The number of carbonyl (C=O) groups is 2. The highest BCUT2D eigenvalue weighted by Crippen LogP contribution is 2.36. The number of carbonyl (C=O) groups excluding carboxylic acids is 2. The molecule has 2 amide bonds. The minimum absolute atomic E-state index is 0.0312. The second kappa shape index (κ2) is 9.20. The number of hydrogen-bond donors (Lipinski definition) is 2. The van der Waals surface area contributed by atoms with Crippen LogP contribution in [0.2, 0.25) is 0 Å². The highest BCUT2D eigenvalue weighted by atomic mass is 32.2. The number of rotatable bonds is 4. The first-order valence-corrected chi connectivity index (χ1v) is 13.1. The van der Waals surface area contributed by atoms with Crippen molar-refractivity contribution in [3.05, 3.63) is 87.9 Å². The maximum atomic E-state index is 14.3. The van der Waals surface area contributed by atoms with Gasteiger partial charge in [0.2, 0.25) is 9.84 Å². The minimum Gasteiger partial charge on any atom is -0.347 e. The maximum Gasteiger partial charge on any atom is 0.257 e. The number of nitrogens with one attached hydrogen (secondary N) is 2. The van der Waals surface area contributed by atoms with Gasteiger partial charge in [-0.1, -0.05) is 0 Å². The SMILES string of the molecule is Cc1c(C(=O)NCc2cnc(-c3ccc(C#N)cc3F)s2)ccc2c1NC(=O)c1ccncc1S2(=O)=O. The molecule has 0 saturated heterocycles. The lowest BCUT2D eigenvalue weighted by Gasteiger charge is -2.14. The Morgan fingerprint density at radius 3 is 2.73 bits per heavy atom. The number of sulfone groups is 1. The van der Waals surface area contributed by atoms with E-state index in [1.54, 1.807) is 6.92 Å². The van der Waals surface area contributed by atoms with Crippen LogP contribution in [0.15, 0.2) is 64.8 Å². The molecule has 5 rings (SSSR count). The van der Waals surface area contributed by atoms with Gasteiger partial charge in [-0.15, -0.1) is 11.3 Å². The molecule has 0 unspecified atom stereocenters. The Hall–Kier alpha value is -4.47. The minimum atomic E-state index is -4.06. The van der Waals surface area contributed by atoms with Gasteiger partial charge in [-0.2, -0.15) is 5.26 Å². The third-order valence-electron chi connectivity index (χ3n) is 5.82. The fraction of sp³-hybridized carbons (Fsp3) is 0.0800. The first-order chi connectivity index (χ1) is 17.7. The molecular formula is C25H16FN5O4S2. The molecule has 0 aliphatic carbocycles. The van der Waals surface area contributed by atoms with Crippen LogP contribution in [-0.2, 0) is 16.4 Å². The number of aromatic nitrogens is 2. The van der Waals surface area contributed by atoms with E-state index >= 15 is 0 Å². The van der Waals surface area contributed by atoms with Crippen LogP contribution >= 0.6 is 11.3 Å². The van der Waals surface area contributed by atoms with E-state index in [1.165, 1.54) is 54.1 Å². The van der Waals surface area contributed by atoms with Crippen LogP contribution in [0.1, 0.15) is 36.7 Å². The molecule has 0 atom stereocenters. The highest BCUT2D eigenvalue weighted by molar-refractivity contribution is 7.91. The standard InChI is InChI=1S/C25H16FN5O4S2/c1-13-16(4-5-20-22(13)31-24(33)18-6-7-28-12-21(18)37(20,34)35)23(32)29-10-15-11-30-25(36-15)17-3-2-14(9-27)8-19(17)26/h2-8,11-12H,10H2,1H3,(H,29,32)(H,31,33). The van der Waals surface area contributed by atoms with Crippen LogP contribution < -0.4 is 10.6 Å². The van der Waals surface area contributed by atoms with Crippen molar-refractivity contribution in [2.24, 2.45) is 0 Å². The van der Waals surface area contributed by atoms with Gasteiger partial charge in [-0.05, 0) is 48.9 Å². The lowest BCUT2D eigenvalue weighted by atomic mass is 10.1. The van der Waals surface area contributed by atoms with Gasteiger partial charge in [0.25, 0.3) is 11.8 Å². The van der Waals surface area contributed by atoms with Crippen molar-refractivity contribution in [3.63, 3.8) is 0 Å². The van der Waals surface area contributed by atoms with E-state index < -0.39 is 27.5 Å². The zero-order chi connectivity index (χ0) is 26.3. The summed E-state index contributed by atoms with van der Waals surface area (Å²) in [6, 6.07) is 9.98. The first-order valence-electron chi connectivity index (χ1n) is 10.8. The molecule has 2 aromatic carbocycles. The molecular weight excluding hydrogens is 517 g/mol. The molecule has 0 saturated carbocycles. The fourth-order valence-corrected chi connectivity index (χ4v) is 6.41. The molecule has 0 bridgehead atoms. The Balaban J connectivity index is 1.39. The number of fused-ring (bicyclic) bond motifs is 2. The average molecular weight is 534 g/mol. The summed E-state index contributed by atoms with van der Waals surface area (Å²) in [5.41, 5.74) is 0.919. The summed E-state index contributed by atoms with van der Waals surface area (Å²) in [5.74, 6) is -1.68. The van der Waals surface area contributed by atoms with E-state index in [2.05, 4.69) is 20.6 Å². The van der Waals surface area contributed by atoms with Crippen LogP contribution in [0.4, 0.5) is 10.1 Å². The Kier molecular flexibility index (Phi) is 6.02. The van der Waals surface area contributed by atoms with Crippen LogP contribution in [-0.4, -0.2) is 30.2 Å². The van der Waals surface area contributed by atoms with Gasteiger partial charge in [0.05, 0.1) is 34.3 Å². The van der Waals surface area contributed by atoms with Gasteiger partial charge in [0, 0.05) is 34.6 Å². The van der Waals surface area contributed by atoms with Crippen molar-refractivity contribution in [2.75, 3.05) is 5.32 Å². The normalized spacial score (nSPS) is 13.5. The summed E-state index contributed by atoms with van der Waals surface area (Å²) >= 11 is 1.18. The van der Waals surface area contributed by atoms with Crippen molar-refractivity contribution in [3.8, 4) is 16.6 Å². The molecule has 184 valence electrons. The van der Waals surface area contributed by atoms with Gasteiger partial charge in [0.1, 0.15) is 15.7 Å². The second-order valence-corrected chi connectivity index (χ2v) is 11.1. The summed E-state index contributed by atoms with van der Waals surface area (Å²) in [7, 11) is -4.06. The first kappa shape index (κ1) is 24.2. The van der Waals surface area contributed by atoms with E-state index in [0.29, 0.717) is 9.88 Å². The fourth-order valence-electron chi connectivity index (χ4n) is 3.93. The molecule has 3 heterocycles. The predicted octanol–water partition coefficient (Wildman–Crippen LogP) is 3.85. The maximum absolute atomic E-state index is 14.3. The number of halogens is 1. The highest BCUT2D eigenvalue weighted by Gasteiger charge is 2.33. The summed E-state index contributed by atoms with van der Waals surface area (Å²) in [6.45, 7) is 1.64. The van der Waals surface area contributed by atoms with E-state index in [1.807, 2.05) is 6.07 Å². The molecule has 2 N–H and O–H groups in total. The van der Waals surface area contributed by atoms with E-state index in [0.717, 1.165) is 12.3 Å². The van der Waals surface area contributed by atoms with Crippen LogP contribution in [0.25, 0.3) is 10.6 Å². The largest absolute Gasteiger partial charge is 0.347 e. The lowest BCUT2D eigenvalue weighted by molar-refractivity contribution is 0.0949. The number of benzene rings is 2. The lowest BCUT2D eigenvalue weighted by Crippen LogP contribution is -2.24. The van der Waals surface area contributed by atoms with E-state index in [4.69, 9.17) is 5.26 Å². The van der Waals surface area contributed by atoms with Crippen LogP contribution in [0.3, 0.4) is 0 Å². The smallest absolute Gasteiger partial charge is 0.257 e. The number of thiazole rings is 1.